The van der Waals surface area contributed by atoms with Gasteiger partial charge in [0.2, 0.25) is 0 Å². The highest BCUT2D eigenvalue weighted by Crippen LogP contribution is 2.31. The summed E-state index contributed by atoms with van der Waals surface area (Å²) < 4.78 is 0. The van der Waals surface area contributed by atoms with Crippen LogP contribution in [0, 0.1) is 0 Å². The maximum atomic E-state index is 4.57. The third-order valence-corrected chi connectivity index (χ3v) is 4.05. The summed E-state index contributed by atoms with van der Waals surface area (Å²) >= 11 is 0. The summed E-state index contributed by atoms with van der Waals surface area (Å²) in [7, 11) is 0. The number of nitrogens with one attached hydrogen (secondary N) is 1. The molecule has 106 valence electrons. The number of rotatable bonds is 6. The molecule has 1 aromatic rings. The minimum Gasteiger partial charge on any atom is -0.368 e. The van der Waals surface area contributed by atoms with Crippen LogP contribution in [0.4, 0.5) is 5.82 Å². The highest BCUT2D eigenvalue weighted by atomic mass is 15.2. The third-order valence-electron chi connectivity index (χ3n) is 4.05. The third kappa shape index (κ3) is 3.69. The Morgan fingerprint density at radius 3 is 2.89 bits per heavy atom. The number of likely N-dealkylation sites (tertiary alicyclic amines) is 1. The lowest BCUT2D eigenvalue weighted by Crippen LogP contribution is -2.24. The molecule has 0 aromatic carbocycles. The summed E-state index contributed by atoms with van der Waals surface area (Å²) in [5.41, 5.74) is 1.38. The lowest BCUT2D eigenvalue weighted by Gasteiger charge is -2.24. The average Bonchev–Trinajstić information content (AvgIpc) is 2.88. The zero-order chi connectivity index (χ0) is 13.7. The molecule has 0 bridgehead atoms. The van der Waals surface area contributed by atoms with Crippen LogP contribution in [-0.2, 0) is 0 Å². The van der Waals surface area contributed by atoms with Crippen molar-refractivity contribution >= 4 is 5.82 Å². The van der Waals surface area contributed by atoms with E-state index >= 15 is 0 Å². The lowest BCUT2D eigenvalue weighted by atomic mass is 10.1. The maximum absolute atomic E-state index is 4.57. The molecule has 0 saturated carbocycles. The topological polar surface area (TPSA) is 28.2 Å². The number of pyridine rings is 1. The van der Waals surface area contributed by atoms with Crippen molar-refractivity contribution in [1.82, 2.24) is 9.88 Å². The van der Waals surface area contributed by atoms with Gasteiger partial charge in [0.25, 0.3) is 0 Å². The normalized spacial score (nSPS) is 21.5. The number of hydrogen-bond acceptors (Lipinski definition) is 3. The van der Waals surface area contributed by atoms with E-state index in [4.69, 9.17) is 0 Å². The van der Waals surface area contributed by atoms with Gasteiger partial charge in [-0.25, -0.2) is 4.98 Å². The van der Waals surface area contributed by atoms with E-state index in [0.717, 1.165) is 12.2 Å². The van der Waals surface area contributed by atoms with Crippen molar-refractivity contribution in [2.45, 2.75) is 58.5 Å². The van der Waals surface area contributed by atoms with Crippen molar-refractivity contribution < 1.29 is 0 Å². The van der Waals surface area contributed by atoms with Gasteiger partial charge in [0.1, 0.15) is 5.82 Å². The second-order valence-corrected chi connectivity index (χ2v) is 5.62. The number of nitrogens with zero attached hydrogens (tertiary/aromatic N) is 2. The molecule has 0 radical (unpaired) electrons. The van der Waals surface area contributed by atoms with Crippen LogP contribution < -0.4 is 5.32 Å². The Morgan fingerprint density at radius 1 is 1.42 bits per heavy atom. The summed E-state index contributed by atoms with van der Waals surface area (Å²) in [6.07, 6.45) is 7.01. The summed E-state index contributed by atoms with van der Waals surface area (Å²) in [5.74, 6) is 0.998. The van der Waals surface area contributed by atoms with E-state index in [1.54, 1.807) is 0 Å². The fourth-order valence-corrected chi connectivity index (χ4v) is 2.80. The molecule has 1 fully saturated rings. The van der Waals surface area contributed by atoms with Gasteiger partial charge < -0.3 is 5.32 Å². The minimum atomic E-state index is 0.487. The first-order valence-corrected chi connectivity index (χ1v) is 7.71. The molecule has 2 atom stereocenters. The smallest absolute Gasteiger partial charge is 0.126 e. The van der Waals surface area contributed by atoms with Crippen LogP contribution in [0.1, 0.15) is 58.1 Å². The van der Waals surface area contributed by atoms with Crippen LogP contribution in [0.5, 0.6) is 0 Å². The fourth-order valence-electron chi connectivity index (χ4n) is 2.80. The van der Waals surface area contributed by atoms with Crippen LogP contribution in [-0.4, -0.2) is 29.0 Å². The fraction of sp³-hybridized carbons (Fsp3) is 0.688. The van der Waals surface area contributed by atoms with Crippen LogP contribution in [0.15, 0.2) is 18.3 Å². The molecule has 2 heterocycles. The van der Waals surface area contributed by atoms with Crippen molar-refractivity contribution in [3.8, 4) is 0 Å². The molecular weight excluding hydrogens is 234 g/mol. The van der Waals surface area contributed by atoms with E-state index in [1.165, 1.54) is 37.9 Å². The van der Waals surface area contributed by atoms with E-state index in [9.17, 15) is 0 Å². The zero-order valence-electron chi connectivity index (χ0n) is 12.5. The quantitative estimate of drug-likeness (QED) is 0.843. The van der Waals surface area contributed by atoms with Gasteiger partial charge in [-0.2, -0.15) is 0 Å². The van der Waals surface area contributed by atoms with Gasteiger partial charge in [-0.05, 0) is 57.3 Å². The average molecular weight is 261 g/mol. The summed E-state index contributed by atoms with van der Waals surface area (Å²) in [6.45, 7) is 9.08. The molecule has 1 aromatic heterocycles. The molecule has 1 saturated heterocycles. The van der Waals surface area contributed by atoms with Crippen molar-refractivity contribution in [1.29, 1.82) is 0 Å². The summed E-state index contributed by atoms with van der Waals surface area (Å²) in [6, 6.07) is 5.45. The van der Waals surface area contributed by atoms with Crippen LogP contribution >= 0.6 is 0 Å². The molecule has 1 aliphatic rings. The second-order valence-electron chi connectivity index (χ2n) is 5.62. The Bertz CT molecular complexity index is 374. The number of anilines is 1. The van der Waals surface area contributed by atoms with Gasteiger partial charge in [-0.1, -0.05) is 19.9 Å². The van der Waals surface area contributed by atoms with Gasteiger partial charge in [0.05, 0.1) is 0 Å². The van der Waals surface area contributed by atoms with Gasteiger partial charge in [0.15, 0.2) is 0 Å². The van der Waals surface area contributed by atoms with E-state index in [1.807, 2.05) is 0 Å². The minimum absolute atomic E-state index is 0.487. The zero-order valence-corrected chi connectivity index (χ0v) is 12.5. The van der Waals surface area contributed by atoms with Crippen LogP contribution in [0.25, 0.3) is 0 Å². The van der Waals surface area contributed by atoms with Gasteiger partial charge >= 0.3 is 0 Å². The monoisotopic (exact) mass is 261 g/mol. The first-order valence-electron chi connectivity index (χ1n) is 7.71. The van der Waals surface area contributed by atoms with Gasteiger partial charge in [-0.3, -0.25) is 4.90 Å². The Morgan fingerprint density at radius 2 is 2.26 bits per heavy atom. The van der Waals surface area contributed by atoms with Crippen LogP contribution in [0.3, 0.4) is 0 Å². The Balaban J connectivity index is 2.01. The Kier molecular flexibility index (Phi) is 5.20. The molecule has 1 N–H and O–H groups in total. The molecule has 3 heteroatoms. The molecular formula is C16H27N3. The number of hydrogen-bond donors (Lipinski definition) is 1. The van der Waals surface area contributed by atoms with Crippen molar-refractivity contribution in [3.63, 3.8) is 0 Å². The molecule has 1 aliphatic heterocycles. The largest absolute Gasteiger partial charge is 0.368 e. The number of aromatic nitrogens is 1. The molecule has 19 heavy (non-hydrogen) atoms. The highest BCUT2D eigenvalue weighted by Gasteiger charge is 2.25. The van der Waals surface area contributed by atoms with Crippen LogP contribution in [0.2, 0.25) is 0 Å². The summed E-state index contributed by atoms with van der Waals surface area (Å²) in [5, 5.41) is 3.42. The summed E-state index contributed by atoms with van der Waals surface area (Å²) in [4.78, 5) is 7.16. The SMILES string of the molecule is CCCN1CCC[C@H]1c1ccc(N[C@@H](C)CC)nc1. The molecule has 2 rings (SSSR count). The van der Waals surface area contributed by atoms with Crippen molar-refractivity contribution in [2.24, 2.45) is 0 Å². The van der Waals surface area contributed by atoms with E-state index < -0.39 is 0 Å². The van der Waals surface area contributed by atoms with E-state index in [0.29, 0.717) is 12.1 Å². The van der Waals surface area contributed by atoms with E-state index in [2.05, 4.69) is 54.3 Å². The maximum Gasteiger partial charge on any atom is 0.126 e. The molecule has 3 nitrogen and oxygen atoms in total. The Labute approximate surface area is 117 Å². The predicted molar refractivity (Wildman–Crippen MR) is 81.5 cm³/mol. The van der Waals surface area contributed by atoms with Crippen molar-refractivity contribution in [2.75, 3.05) is 18.4 Å². The highest BCUT2D eigenvalue weighted by molar-refractivity contribution is 5.37. The predicted octanol–water partition coefficient (Wildman–Crippen LogP) is 3.84. The second kappa shape index (κ2) is 6.90. The first-order chi connectivity index (χ1) is 9.24. The van der Waals surface area contributed by atoms with Gasteiger partial charge in [0, 0.05) is 18.3 Å². The van der Waals surface area contributed by atoms with Crippen molar-refractivity contribution in [3.05, 3.63) is 23.9 Å². The first kappa shape index (κ1) is 14.3. The molecule has 0 amide bonds. The van der Waals surface area contributed by atoms with Gasteiger partial charge in [-0.15, -0.1) is 0 Å². The molecule has 0 unspecified atom stereocenters. The van der Waals surface area contributed by atoms with E-state index in [-0.39, 0.29) is 0 Å². The molecule has 0 aliphatic carbocycles. The lowest BCUT2D eigenvalue weighted by molar-refractivity contribution is 0.257. The Hall–Kier alpha value is -1.09. The standard InChI is InChI=1S/C16H27N3/c1-4-10-19-11-6-7-15(19)14-8-9-16(17-12-14)18-13(3)5-2/h8-9,12-13,15H,4-7,10-11H2,1-3H3,(H,17,18)/t13-,15-/m0/s1. The molecule has 0 spiro atoms.